The van der Waals surface area contributed by atoms with Crippen LogP contribution >= 0.6 is 0 Å². The van der Waals surface area contributed by atoms with E-state index >= 15 is 0 Å². The van der Waals surface area contributed by atoms with Gasteiger partial charge in [0.2, 0.25) is 0 Å². The van der Waals surface area contributed by atoms with E-state index in [0.29, 0.717) is 29.9 Å². The summed E-state index contributed by atoms with van der Waals surface area (Å²) in [5.74, 6) is 0.576. The number of hydrogen-bond donors (Lipinski definition) is 0. The Balaban J connectivity index is 1.53. The molecule has 1 saturated heterocycles. The largest absolute Gasteiger partial charge is 0.497 e. The lowest BCUT2D eigenvalue weighted by Crippen LogP contribution is -2.46. The Hall–Kier alpha value is -3.87. The summed E-state index contributed by atoms with van der Waals surface area (Å²) in [6.07, 6.45) is 0. The third kappa shape index (κ3) is 4.35. The fourth-order valence-corrected chi connectivity index (χ4v) is 3.85. The summed E-state index contributed by atoms with van der Waals surface area (Å²) < 4.78 is 5.30. The molecule has 4 rings (SSSR count). The maximum absolute atomic E-state index is 12.7. The average molecular weight is 417 g/mol. The minimum absolute atomic E-state index is 0.0448. The number of nitro groups is 1. The molecule has 0 N–H and O–H groups in total. The van der Waals surface area contributed by atoms with Crippen molar-refractivity contribution in [2.24, 2.45) is 0 Å². The number of piperazine rings is 1. The van der Waals surface area contributed by atoms with E-state index < -0.39 is 4.92 Å². The number of nitrogens with zero attached hydrogens (tertiary/aromatic N) is 3. The molecule has 1 heterocycles. The average Bonchev–Trinajstić information content (AvgIpc) is 2.84. The van der Waals surface area contributed by atoms with Crippen molar-refractivity contribution in [1.29, 1.82) is 0 Å². The molecule has 0 atom stereocenters. The molecule has 0 aromatic heterocycles. The van der Waals surface area contributed by atoms with E-state index in [0.717, 1.165) is 24.5 Å². The Morgan fingerprint density at radius 2 is 1.58 bits per heavy atom. The molecule has 0 saturated carbocycles. The van der Waals surface area contributed by atoms with Crippen LogP contribution in [0, 0.1) is 10.1 Å². The van der Waals surface area contributed by atoms with Crippen LogP contribution in [-0.4, -0.2) is 44.0 Å². The highest BCUT2D eigenvalue weighted by molar-refractivity contribution is 6.09. The van der Waals surface area contributed by atoms with Crippen molar-refractivity contribution in [3.05, 3.63) is 94.0 Å². The molecule has 0 bridgehead atoms. The van der Waals surface area contributed by atoms with Gasteiger partial charge in [0.15, 0.2) is 5.78 Å². The lowest BCUT2D eigenvalue weighted by molar-refractivity contribution is -0.384. The van der Waals surface area contributed by atoms with Crippen molar-refractivity contribution in [3.8, 4) is 5.75 Å². The number of ether oxygens (including phenoxy) is 1. The molecule has 1 aliphatic heterocycles. The molecular formula is C24H23N3O4. The topological polar surface area (TPSA) is 75.9 Å². The second-order valence-electron chi connectivity index (χ2n) is 7.33. The Kier molecular flexibility index (Phi) is 5.84. The van der Waals surface area contributed by atoms with Gasteiger partial charge in [-0.05, 0) is 24.3 Å². The molecule has 0 radical (unpaired) electrons. The van der Waals surface area contributed by atoms with Crippen molar-refractivity contribution in [1.82, 2.24) is 0 Å². The Morgan fingerprint density at radius 1 is 0.871 bits per heavy atom. The molecule has 3 aromatic carbocycles. The molecule has 0 unspecified atom stereocenters. The SMILES string of the molecule is COc1cccc(N2CCN(c3ccc(C(=O)c4ccccc4)cc3[N+](=O)[O-])CC2)c1. The fourth-order valence-electron chi connectivity index (χ4n) is 3.85. The predicted molar refractivity (Wildman–Crippen MR) is 120 cm³/mol. The van der Waals surface area contributed by atoms with Crippen LogP contribution in [0.3, 0.4) is 0 Å². The van der Waals surface area contributed by atoms with Crippen molar-refractivity contribution in [2.45, 2.75) is 0 Å². The van der Waals surface area contributed by atoms with Gasteiger partial charge >= 0.3 is 0 Å². The van der Waals surface area contributed by atoms with E-state index in [1.807, 2.05) is 35.2 Å². The standard InChI is InChI=1S/C24H23N3O4/c1-31-21-9-5-8-20(17-21)25-12-14-26(15-13-25)22-11-10-19(16-23(22)27(29)30)24(28)18-6-3-2-4-7-18/h2-11,16-17H,12-15H2,1H3. The number of nitro benzene ring substituents is 1. The van der Waals surface area contributed by atoms with Gasteiger partial charge in [0.05, 0.1) is 12.0 Å². The van der Waals surface area contributed by atoms with Gasteiger partial charge in [0.1, 0.15) is 11.4 Å². The molecule has 0 amide bonds. The van der Waals surface area contributed by atoms with Crippen molar-refractivity contribution < 1.29 is 14.5 Å². The maximum atomic E-state index is 12.7. The zero-order chi connectivity index (χ0) is 21.8. The maximum Gasteiger partial charge on any atom is 0.293 e. The second-order valence-corrected chi connectivity index (χ2v) is 7.33. The normalized spacial score (nSPS) is 13.7. The van der Waals surface area contributed by atoms with Gasteiger partial charge in [0.25, 0.3) is 5.69 Å². The minimum atomic E-state index is -0.411. The molecular weight excluding hydrogens is 394 g/mol. The van der Waals surface area contributed by atoms with Crippen LogP contribution in [-0.2, 0) is 0 Å². The molecule has 0 spiro atoms. The quantitative estimate of drug-likeness (QED) is 0.341. The van der Waals surface area contributed by atoms with Crippen molar-refractivity contribution >= 4 is 22.8 Å². The molecule has 7 nitrogen and oxygen atoms in total. The van der Waals surface area contributed by atoms with Crippen molar-refractivity contribution in [2.75, 3.05) is 43.1 Å². The van der Waals surface area contributed by atoms with Gasteiger partial charge in [-0.25, -0.2) is 0 Å². The number of benzene rings is 3. The zero-order valence-corrected chi connectivity index (χ0v) is 17.2. The first kappa shape index (κ1) is 20.4. The number of carbonyl (C=O) groups is 1. The van der Waals surface area contributed by atoms with Gasteiger partial charge in [-0.1, -0.05) is 36.4 Å². The predicted octanol–water partition coefficient (Wildman–Crippen LogP) is 4.16. The Labute approximate surface area is 180 Å². The van der Waals surface area contributed by atoms with Crippen molar-refractivity contribution in [3.63, 3.8) is 0 Å². The monoisotopic (exact) mass is 417 g/mol. The molecule has 1 fully saturated rings. The Bertz CT molecular complexity index is 1090. The highest BCUT2D eigenvalue weighted by atomic mass is 16.6. The smallest absolute Gasteiger partial charge is 0.293 e. The molecule has 3 aromatic rings. The zero-order valence-electron chi connectivity index (χ0n) is 17.2. The van der Waals surface area contributed by atoms with Crippen LogP contribution in [0.5, 0.6) is 5.75 Å². The third-order valence-corrected chi connectivity index (χ3v) is 5.51. The van der Waals surface area contributed by atoms with E-state index in [2.05, 4.69) is 4.90 Å². The number of hydrogen-bond acceptors (Lipinski definition) is 6. The number of carbonyl (C=O) groups excluding carboxylic acids is 1. The third-order valence-electron chi connectivity index (χ3n) is 5.51. The van der Waals surface area contributed by atoms with Crippen LogP contribution in [0.25, 0.3) is 0 Å². The number of anilines is 2. The van der Waals surface area contributed by atoms with E-state index in [9.17, 15) is 14.9 Å². The molecule has 7 heteroatoms. The van der Waals surface area contributed by atoms with E-state index in [-0.39, 0.29) is 11.5 Å². The summed E-state index contributed by atoms with van der Waals surface area (Å²) in [5, 5.41) is 11.8. The first-order valence-corrected chi connectivity index (χ1v) is 10.1. The lowest BCUT2D eigenvalue weighted by Gasteiger charge is -2.37. The Morgan fingerprint density at radius 3 is 2.26 bits per heavy atom. The van der Waals surface area contributed by atoms with Gasteiger partial charge in [-0.15, -0.1) is 0 Å². The molecule has 1 aliphatic rings. The van der Waals surface area contributed by atoms with Gasteiger partial charge in [-0.3, -0.25) is 14.9 Å². The van der Waals surface area contributed by atoms with Crippen LogP contribution in [0.4, 0.5) is 17.1 Å². The van der Waals surface area contributed by atoms with E-state index in [1.165, 1.54) is 6.07 Å². The number of rotatable bonds is 6. The molecule has 158 valence electrons. The summed E-state index contributed by atoms with van der Waals surface area (Å²) in [7, 11) is 1.64. The van der Waals surface area contributed by atoms with E-state index in [1.54, 1.807) is 43.5 Å². The summed E-state index contributed by atoms with van der Waals surface area (Å²) in [5.41, 5.74) is 2.39. The summed E-state index contributed by atoms with van der Waals surface area (Å²) in [4.78, 5) is 28.3. The van der Waals surface area contributed by atoms with Crippen LogP contribution < -0.4 is 14.5 Å². The van der Waals surface area contributed by atoms with E-state index in [4.69, 9.17) is 4.74 Å². The van der Waals surface area contributed by atoms with Crippen LogP contribution in [0.15, 0.2) is 72.8 Å². The number of ketones is 1. The highest BCUT2D eigenvalue weighted by Gasteiger charge is 2.25. The summed E-state index contributed by atoms with van der Waals surface area (Å²) in [6, 6.07) is 21.4. The minimum Gasteiger partial charge on any atom is -0.497 e. The molecule has 31 heavy (non-hydrogen) atoms. The number of methoxy groups -OCH3 is 1. The van der Waals surface area contributed by atoms with Gasteiger partial charge in [0, 0.05) is 55.1 Å². The van der Waals surface area contributed by atoms with Crippen LogP contribution in [0.1, 0.15) is 15.9 Å². The highest BCUT2D eigenvalue weighted by Crippen LogP contribution is 2.32. The first-order valence-electron chi connectivity index (χ1n) is 10.1. The van der Waals surface area contributed by atoms with Crippen LogP contribution in [0.2, 0.25) is 0 Å². The van der Waals surface area contributed by atoms with Gasteiger partial charge in [-0.2, -0.15) is 0 Å². The second kappa shape index (κ2) is 8.87. The summed E-state index contributed by atoms with van der Waals surface area (Å²) in [6.45, 7) is 2.75. The summed E-state index contributed by atoms with van der Waals surface area (Å²) >= 11 is 0. The first-order chi connectivity index (χ1) is 15.1. The molecule has 0 aliphatic carbocycles. The fraction of sp³-hybridized carbons (Fsp3) is 0.208. The van der Waals surface area contributed by atoms with Gasteiger partial charge < -0.3 is 14.5 Å². The lowest BCUT2D eigenvalue weighted by atomic mass is 10.0.